The maximum Gasteiger partial charge on any atom is 0.341 e. The van der Waals surface area contributed by atoms with Gasteiger partial charge in [-0.3, -0.25) is 4.84 Å². The molecule has 1 aliphatic rings. The molecule has 0 aromatic rings. The van der Waals surface area contributed by atoms with Gasteiger partial charge in [0.15, 0.2) is 0 Å². The van der Waals surface area contributed by atoms with Gasteiger partial charge in [-0.15, -0.1) is 0 Å². The van der Waals surface area contributed by atoms with Crippen molar-refractivity contribution in [3.05, 3.63) is 0 Å². The van der Waals surface area contributed by atoms with Gasteiger partial charge in [-0.25, -0.2) is 10.3 Å². The van der Waals surface area contributed by atoms with Crippen LogP contribution in [-0.2, 0) is 4.84 Å². The van der Waals surface area contributed by atoms with Crippen LogP contribution in [0, 0.1) is 5.92 Å². The van der Waals surface area contributed by atoms with Gasteiger partial charge in [0.1, 0.15) is 0 Å². The number of amides is 2. The van der Waals surface area contributed by atoms with E-state index in [9.17, 15) is 4.79 Å². The van der Waals surface area contributed by atoms with Gasteiger partial charge in [-0.1, -0.05) is 6.92 Å². The van der Waals surface area contributed by atoms with Gasteiger partial charge < -0.3 is 4.90 Å². The van der Waals surface area contributed by atoms with Crippen molar-refractivity contribution in [1.82, 2.24) is 10.4 Å². The molecule has 0 spiro atoms. The highest BCUT2D eigenvalue weighted by Crippen LogP contribution is 2.15. The minimum Gasteiger partial charge on any atom is -0.323 e. The van der Waals surface area contributed by atoms with E-state index < -0.39 is 0 Å². The maximum atomic E-state index is 11.2. The van der Waals surface area contributed by atoms with E-state index in [0.717, 1.165) is 31.8 Å². The van der Waals surface area contributed by atoms with Crippen LogP contribution in [0.2, 0.25) is 0 Å². The second kappa shape index (κ2) is 4.30. The molecule has 1 rings (SSSR count). The van der Waals surface area contributed by atoms with Crippen LogP contribution in [0.5, 0.6) is 0 Å². The Kier molecular flexibility index (Phi) is 3.34. The third-order valence-electron chi connectivity index (χ3n) is 2.26. The molecule has 4 nitrogen and oxygen atoms in total. The predicted molar refractivity (Wildman–Crippen MR) is 45.5 cm³/mol. The largest absolute Gasteiger partial charge is 0.341 e. The lowest BCUT2D eigenvalue weighted by Gasteiger charge is -2.29. The minimum atomic E-state index is -0.121. The van der Waals surface area contributed by atoms with Gasteiger partial charge in [0.05, 0.1) is 7.11 Å². The van der Waals surface area contributed by atoms with Crippen LogP contribution >= 0.6 is 0 Å². The number of likely N-dealkylation sites (tertiary alicyclic amines) is 1. The summed E-state index contributed by atoms with van der Waals surface area (Å²) in [5, 5.41) is 0. The Morgan fingerprint density at radius 2 is 2.08 bits per heavy atom. The van der Waals surface area contributed by atoms with E-state index in [1.807, 2.05) is 0 Å². The SMILES string of the molecule is CONC(=O)N1CCC(C)CC1. The Morgan fingerprint density at radius 3 is 2.58 bits per heavy atom. The van der Waals surface area contributed by atoms with Crippen molar-refractivity contribution >= 4 is 6.03 Å². The molecule has 4 heteroatoms. The van der Waals surface area contributed by atoms with Crippen molar-refractivity contribution in [2.24, 2.45) is 5.92 Å². The standard InChI is InChI=1S/C8H16N2O2/c1-7-3-5-10(6-4-7)8(11)9-12-2/h7H,3-6H2,1-2H3,(H,9,11). The molecular weight excluding hydrogens is 156 g/mol. The highest BCUT2D eigenvalue weighted by atomic mass is 16.6. The Bertz CT molecular complexity index is 153. The predicted octanol–water partition coefficient (Wildman–Crippen LogP) is 0.989. The van der Waals surface area contributed by atoms with E-state index >= 15 is 0 Å². The molecule has 0 aromatic heterocycles. The second-order valence-electron chi connectivity index (χ2n) is 3.28. The molecule has 1 heterocycles. The number of hydroxylamine groups is 1. The van der Waals surface area contributed by atoms with E-state index in [1.165, 1.54) is 7.11 Å². The third-order valence-corrected chi connectivity index (χ3v) is 2.26. The average Bonchev–Trinajstić information content (AvgIpc) is 2.06. The normalized spacial score (nSPS) is 19.3. The van der Waals surface area contributed by atoms with Gasteiger partial charge in [0, 0.05) is 13.1 Å². The Labute approximate surface area is 72.8 Å². The number of nitrogens with one attached hydrogen (secondary N) is 1. The minimum absolute atomic E-state index is 0.121. The molecule has 12 heavy (non-hydrogen) atoms. The number of nitrogens with zero attached hydrogens (tertiary/aromatic N) is 1. The number of hydrogen-bond donors (Lipinski definition) is 1. The van der Waals surface area contributed by atoms with Crippen LogP contribution in [-0.4, -0.2) is 31.1 Å². The van der Waals surface area contributed by atoms with Gasteiger partial charge >= 0.3 is 6.03 Å². The number of carbonyl (C=O) groups is 1. The monoisotopic (exact) mass is 172 g/mol. The molecule has 0 aromatic carbocycles. The number of rotatable bonds is 1. The van der Waals surface area contributed by atoms with Crippen LogP contribution in [0.4, 0.5) is 4.79 Å². The van der Waals surface area contributed by atoms with Crippen LogP contribution in [0.15, 0.2) is 0 Å². The first-order valence-corrected chi connectivity index (χ1v) is 4.32. The summed E-state index contributed by atoms with van der Waals surface area (Å²) in [6.07, 6.45) is 2.19. The summed E-state index contributed by atoms with van der Waals surface area (Å²) in [6, 6.07) is -0.121. The molecule has 0 bridgehead atoms. The van der Waals surface area contributed by atoms with Crippen molar-refractivity contribution in [3.63, 3.8) is 0 Å². The third kappa shape index (κ3) is 2.37. The molecular formula is C8H16N2O2. The topological polar surface area (TPSA) is 41.6 Å². The first-order valence-electron chi connectivity index (χ1n) is 4.32. The smallest absolute Gasteiger partial charge is 0.323 e. The molecule has 1 aliphatic heterocycles. The summed E-state index contributed by atoms with van der Waals surface area (Å²) in [5.74, 6) is 0.747. The van der Waals surface area contributed by atoms with Crippen LogP contribution in [0.3, 0.4) is 0 Å². The number of carbonyl (C=O) groups excluding carboxylic acids is 1. The molecule has 1 saturated heterocycles. The average molecular weight is 172 g/mol. The molecule has 70 valence electrons. The zero-order valence-corrected chi connectivity index (χ0v) is 7.67. The quantitative estimate of drug-likeness (QED) is 0.599. The molecule has 0 saturated carbocycles. The van der Waals surface area contributed by atoms with Crippen LogP contribution < -0.4 is 5.48 Å². The number of urea groups is 1. The van der Waals surface area contributed by atoms with Gasteiger partial charge in [-0.05, 0) is 18.8 Å². The summed E-state index contributed by atoms with van der Waals surface area (Å²) < 4.78 is 0. The molecule has 1 fully saturated rings. The molecule has 0 radical (unpaired) electrons. The van der Waals surface area contributed by atoms with E-state index in [2.05, 4.69) is 17.2 Å². The maximum absolute atomic E-state index is 11.2. The van der Waals surface area contributed by atoms with E-state index in [-0.39, 0.29) is 6.03 Å². The van der Waals surface area contributed by atoms with E-state index in [0.29, 0.717) is 0 Å². The van der Waals surface area contributed by atoms with Crippen molar-refractivity contribution in [2.75, 3.05) is 20.2 Å². The first-order chi connectivity index (χ1) is 5.74. The van der Waals surface area contributed by atoms with Gasteiger partial charge in [0.2, 0.25) is 0 Å². The van der Waals surface area contributed by atoms with Crippen molar-refractivity contribution in [1.29, 1.82) is 0 Å². The summed E-state index contributed by atoms with van der Waals surface area (Å²) >= 11 is 0. The Morgan fingerprint density at radius 1 is 1.50 bits per heavy atom. The van der Waals surface area contributed by atoms with Crippen LogP contribution in [0.25, 0.3) is 0 Å². The van der Waals surface area contributed by atoms with E-state index in [4.69, 9.17) is 0 Å². The highest BCUT2D eigenvalue weighted by molar-refractivity contribution is 5.73. The molecule has 0 atom stereocenters. The summed E-state index contributed by atoms with van der Waals surface area (Å²) in [4.78, 5) is 17.5. The summed E-state index contributed by atoms with van der Waals surface area (Å²) in [5.41, 5.74) is 2.32. The zero-order chi connectivity index (χ0) is 8.97. The van der Waals surface area contributed by atoms with Crippen LogP contribution in [0.1, 0.15) is 19.8 Å². The van der Waals surface area contributed by atoms with Crippen molar-refractivity contribution in [3.8, 4) is 0 Å². The molecule has 1 N–H and O–H groups in total. The van der Waals surface area contributed by atoms with Gasteiger partial charge in [0.25, 0.3) is 0 Å². The highest BCUT2D eigenvalue weighted by Gasteiger charge is 2.19. The lowest BCUT2D eigenvalue weighted by molar-refractivity contribution is 0.0799. The van der Waals surface area contributed by atoms with Gasteiger partial charge in [-0.2, -0.15) is 0 Å². The summed E-state index contributed by atoms with van der Waals surface area (Å²) in [7, 11) is 1.45. The first kappa shape index (κ1) is 9.32. The molecule has 2 amide bonds. The lowest BCUT2D eigenvalue weighted by atomic mass is 10.00. The Balaban J connectivity index is 2.29. The number of piperidine rings is 1. The fraction of sp³-hybridized carbons (Fsp3) is 0.875. The molecule has 0 unspecified atom stereocenters. The molecule has 0 aliphatic carbocycles. The fourth-order valence-electron chi connectivity index (χ4n) is 1.36. The second-order valence-corrected chi connectivity index (χ2v) is 3.28. The van der Waals surface area contributed by atoms with Crippen molar-refractivity contribution < 1.29 is 9.63 Å². The van der Waals surface area contributed by atoms with E-state index in [1.54, 1.807) is 4.90 Å². The Hall–Kier alpha value is -0.770. The fourth-order valence-corrected chi connectivity index (χ4v) is 1.36. The number of hydrogen-bond acceptors (Lipinski definition) is 2. The van der Waals surface area contributed by atoms with Crippen molar-refractivity contribution in [2.45, 2.75) is 19.8 Å². The summed E-state index contributed by atoms with van der Waals surface area (Å²) in [6.45, 7) is 3.90. The lowest BCUT2D eigenvalue weighted by Crippen LogP contribution is -2.43. The zero-order valence-electron chi connectivity index (χ0n) is 7.67.